The predicted molar refractivity (Wildman–Crippen MR) is 105 cm³/mol. The normalized spacial score (nSPS) is 10.9. The fourth-order valence-corrected chi connectivity index (χ4v) is 3.56. The number of hydrogen-bond acceptors (Lipinski definition) is 6. The number of aryl methyl sites for hydroxylation is 1. The average Bonchev–Trinajstić information content (AvgIpc) is 3.10. The summed E-state index contributed by atoms with van der Waals surface area (Å²) >= 11 is 1.45. The van der Waals surface area contributed by atoms with Gasteiger partial charge in [0.1, 0.15) is 10.6 Å². The van der Waals surface area contributed by atoms with Gasteiger partial charge in [0.05, 0.1) is 17.8 Å². The van der Waals surface area contributed by atoms with E-state index in [-0.39, 0.29) is 12.3 Å². The fraction of sp³-hybridized carbons (Fsp3) is 0.100. The summed E-state index contributed by atoms with van der Waals surface area (Å²) in [7, 11) is 0. The lowest BCUT2D eigenvalue weighted by Gasteiger charge is -2.06. The van der Waals surface area contributed by atoms with Gasteiger partial charge >= 0.3 is 5.63 Å². The third-order valence-corrected chi connectivity index (χ3v) is 4.93. The van der Waals surface area contributed by atoms with Crippen LogP contribution >= 0.6 is 11.3 Å². The van der Waals surface area contributed by atoms with E-state index in [9.17, 15) is 9.59 Å². The molecule has 0 aliphatic rings. The molecule has 27 heavy (non-hydrogen) atoms. The highest BCUT2D eigenvalue weighted by molar-refractivity contribution is 7.13. The molecule has 3 aromatic heterocycles. The minimum absolute atomic E-state index is 0.152. The molecule has 7 heteroatoms. The zero-order chi connectivity index (χ0) is 18.8. The van der Waals surface area contributed by atoms with E-state index >= 15 is 0 Å². The van der Waals surface area contributed by atoms with Crippen LogP contribution in [0.15, 0.2) is 63.3 Å². The summed E-state index contributed by atoms with van der Waals surface area (Å²) in [6, 6.07) is 12.3. The van der Waals surface area contributed by atoms with Crippen molar-refractivity contribution in [1.29, 1.82) is 0 Å². The Hall–Kier alpha value is -3.32. The number of carbonyl (C=O) groups is 1. The summed E-state index contributed by atoms with van der Waals surface area (Å²) in [4.78, 5) is 32.6. The summed E-state index contributed by atoms with van der Waals surface area (Å²) in [6.45, 7) is 1.85. The first-order valence-corrected chi connectivity index (χ1v) is 9.16. The van der Waals surface area contributed by atoms with Gasteiger partial charge < -0.3 is 9.73 Å². The van der Waals surface area contributed by atoms with Crippen LogP contribution in [0.25, 0.3) is 21.7 Å². The second kappa shape index (κ2) is 7.13. The van der Waals surface area contributed by atoms with Crippen LogP contribution in [-0.4, -0.2) is 15.9 Å². The zero-order valence-electron chi connectivity index (χ0n) is 14.4. The summed E-state index contributed by atoms with van der Waals surface area (Å²) in [5.74, 6) is -0.192. The fourth-order valence-electron chi connectivity index (χ4n) is 2.77. The van der Waals surface area contributed by atoms with Gasteiger partial charge in [0.2, 0.25) is 5.91 Å². The van der Waals surface area contributed by atoms with Gasteiger partial charge in [-0.15, -0.1) is 11.3 Å². The van der Waals surface area contributed by atoms with Crippen molar-refractivity contribution >= 4 is 33.9 Å². The molecule has 4 aromatic rings. The first-order valence-electron chi connectivity index (χ1n) is 8.29. The van der Waals surface area contributed by atoms with Crippen LogP contribution in [0.3, 0.4) is 0 Å². The first-order chi connectivity index (χ1) is 13.1. The number of amides is 1. The van der Waals surface area contributed by atoms with E-state index in [1.807, 2.05) is 36.6 Å². The highest BCUT2D eigenvalue weighted by Crippen LogP contribution is 2.23. The number of nitrogens with one attached hydrogen (secondary N) is 1. The number of anilines is 1. The van der Waals surface area contributed by atoms with Gasteiger partial charge in [-0.2, -0.15) is 0 Å². The van der Waals surface area contributed by atoms with E-state index in [1.54, 1.807) is 18.3 Å². The van der Waals surface area contributed by atoms with E-state index in [2.05, 4.69) is 15.3 Å². The molecule has 134 valence electrons. The van der Waals surface area contributed by atoms with Crippen molar-refractivity contribution in [3.8, 4) is 10.7 Å². The van der Waals surface area contributed by atoms with E-state index in [1.165, 1.54) is 17.4 Å². The molecular formula is C20H15N3O3S. The van der Waals surface area contributed by atoms with Crippen molar-refractivity contribution in [2.45, 2.75) is 13.3 Å². The van der Waals surface area contributed by atoms with Gasteiger partial charge in [-0.05, 0) is 36.8 Å². The Bertz CT molecular complexity index is 1180. The predicted octanol–water partition coefficient (Wildman–Crippen LogP) is 3.80. The number of nitrogens with zero attached hydrogens (tertiary/aromatic N) is 2. The molecule has 0 bridgehead atoms. The zero-order valence-corrected chi connectivity index (χ0v) is 15.2. The van der Waals surface area contributed by atoms with E-state index < -0.39 is 5.63 Å². The molecule has 0 unspecified atom stereocenters. The maximum atomic E-state index is 12.3. The van der Waals surface area contributed by atoms with Crippen molar-refractivity contribution in [2.75, 3.05) is 5.32 Å². The van der Waals surface area contributed by atoms with Crippen molar-refractivity contribution in [1.82, 2.24) is 9.97 Å². The molecule has 0 fully saturated rings. The molecule has 4 rings (SSSR count). The Kier molecular flexibility index (Phi) is 4.52. The topological polar surface area (TPSA) is 85.1 Å². The Morgan fingerprint density at radius 3 is 2.93 bits per heavy atom. The van der Waals surface area contributed by atoms with Crippen molar-refractivity contribution in [2.24, 2.45) is 0 Å². The molecule has 0 saturated carbocycles. The van der Waals surface area contributed by atoms with Gasteiger partial charge in [0.25, 0.3) is 0 Å². The minimum atomic E-state index is -0.409. The summed E-state index contributed by atoms with van der Waals surface area (Å²) in [5, 5.41) is 6.29. The van der Waals surface area contributed by atoms with Crippen LogP contribution in [0.1, 0.15) is 11.3 Å². The van der Waals surface area contributed by atoms with Crippen LogP contribution < -0.4 is 10.9 Å². The van der Waals surface area contributed by atoms with Crippen molar-refractivity contribution < 1.29 is 9.21 Å². The smallest absolute Gasteiger partial charge is 0.336 e. The number of rotatable bonds is 4. The lowest BCUT2D eigenvalue weighted by Crippen LogP contribution is -2.14. The third-order valence-electron chi connectivity index (χ3n) is 4.01. The number of pyridine rings is 1. The molecule has 0 radical (unpaired) electrons. The van der Waals surface area contributed by atoms with Gasteiger partial charge in [-0.1, -0.05) is 6.07 Å². The summed E-state index contributed by atoms with van der Waals surface area (Å²) in [5.41, 5.74) is 2.91. The van der Waals surface area contributed by atoms with Gasteiger partial charge in [-0.3, -0.25) is 9.78 Å². The van der Waals surface area contributed by atoms with Gasteiger partial charge in [-0.25, -0.2) is 9.78 Å². The third kappa shape index (κ3) is 3.78. The summed E-state index contributed by atoms with van der Waals surface area (Å²) < 4.78 is 5.21. The number of hydrogen-bond donors (Lipinski definition) is 1. The molecule has 1 amide bonds. The minimum Gasteiger partial charge on any atom is -0.423 e. The quantitative estimate of drug-likeness (QED) is 0.547. The van der Waals surface area contributed by atoms with Crippen LogP contribution in [0.4, 0.5) is 5.69 Å². The van der Waals surface area contributed by atoms with E-state index in [0.717, 1.165) is 21.7 Å². The Morgan fingerprint density at radius 1 is 1.22 bits per heavy atom. The van der Waals surface area contributed by atoms with Gasteiger partial charge in [0, 0.05) is 34.8 Å². The van der Waals surface area contributed by atoms with Crippen molar-refractivity contribution in [3.05, 3.63) is 75.7 Å². The molecule has 0 aliphatic carbocycles. The number of carbonyl (C=O) groups excluding carboxylic acids is 1. The lowest BCUT2D eigenvalue weighted by atomic mass is 10.1. The first kappa shape index (κ1) is 17.1. The maximum Gasteiger partial charge on any atom is 0.336 e. The summed E-state index contributed by atoms with van der Waals surface area (Å²) in [6.07, 6.45) is 1.86. The molecular weight excluding hydrogens is 362 g/mol. The van der Waals surface area contributed by atoms with E-state index in [4.69, 9.17) is 4.42 Å². The van der Waals surface area contributed by atoms with Crippen LogP contribution in [0.2, 0.25) is 0 Å². The standard InChI is InChI=1S/C20H15N3O3S/c1-12-8-19(25)26-17-9-13(5-6-15(12)17)22-18(24)10-14-11-27-20(23-14)16-4-2-3-7-21-16/h2-9,11H,10H2,1H3,(H,22,24). The molecule has 3 heterocycles. The second-order valence-corrected chi connectivity index (χ2v) is 6.90. The molecule has 6 nitrogen and oxygen atoms in total. The SMILES string of the molecule is Cc1cc(=O)oc2cc(NC(=O)Cc3csc(-c4ccccn4)n3)ccc12. The van der Waals surface area contributed by atoms with Crippen molar-refractivity contribution in [3.63, 3.8) is 0 Å². The molecule has 0 saturated heterocycles. The highest BCUT2D eigenvalue weighted by atomic mass is 32.1. The number of fused-ring (bicyclic) bond motifs is 1. The number of thiazole rings is 1. The maximum absolute atomic E-state index is 12.3. The Morgan fingerprint density at radius 2 is 2.11 bits per heavy atom. The molecule has 0 atom stereocenters. The molecule has 1 N–H and O–H groups in total. The highest BCUT2D eigenvalue weighted by Gasteiger charge is 2.11. The van der Waals surface area contributed by atoms with Crippen LogP contribution in [-0.2, 0) is 11.2 Å². The monoisotopic (exact) mass is 377 g/mol. The number of aromatic nitrogens is 2. The van der Waals surface area contributed by atoms with Crippen LogP contribution in [0, 0.1) is 6.92 Å². The van der Waals surface area contributed by atoms with E-state index in [0.29, 0.717) is 17.0 Å². The van der Waals surface area contributed by atoms with Gasteiger partial charge in [0.15, 0.2) is 0 Å². The molecule has 1 aromatic carbocycles. The molecule has 0 aliphatic heterocycles. The Labute approximate surface area is 158 Å². The van der Waals surface area contributed by atoms with Crippen LogP contribution in [0.5, 0.6) is 0 Å². The average molecular weight is 377 g/mol. The molecule has 0 spiro atoms. The largest absolute Gasteiger partial charge is 0.423 e. The number of benzene rings is 1. The lowest BCUT2D eigenvalue weighted by molar-refractivity contribution is -0.115. The second-order valence-electron chi connectivity index (χ2n) is 6.04. The Balaban J connectivity index is 1.49.